The van der Waals surface area contributed by atoms with Crippen molar-refractivity contribution in [1.29, 1.82) is 0 Å². The van der Waals surface area contributed by atoms with E-state index in [1.807, 2.05) is 13.0 Å². The van der Waals surface area contributed by atoms with Gasteiger partial charge in [0, 0.05) is 29.7 Å². The first-order valence-corrected chi connectivity index (χ1v) is 13.7. The molecular weight excluding hydrogens is 542 g/mol. The molecule has 13 heteroatoms. The van der Waals surface area contributed by atoms with Crippen LogP contribution in [0.1, 0.15) is 34.1 Å². The quantitative estimate of drug-likeness (QED) is 0.0938. The number of amides is 1. The topological polar surface area (TPSA) is 139 Å². The first-order chi connectivity index (χ1) is 19.2. The third-order valence-corrected chi connectivity index (χ3v) is 5.87. The SMILES string of the molecule is CCOC(=O)CN(CCCNC(C(=O)OCC)C(=O)OCC)CC(=O)N(CC)Nc1ccnc2cc(Cl)ccc12. The molecule has 0 radical (unpaired) electrons. The van der Waals surface area contributed by atoms with Gasteiger partial charge in [-0.15, -0.1) is 0 Å². The average molecular weight is 580 g/mol. The predicted octanol–water partition coefficient (Wildman–Crippen LogP) is 2.40. The van der Waals surface area contributed by atoms with Crippen molar-refractivity contribution in [3.05, 3.63) is 35.5 Å². The van der Waals surface area contributed by atoms with Gasteiger partial charge in [0.05, 0.1) is 44.1 Å². The van der Waals surface area contributed by atoms with Gasteiger partial charge in [0.25, 0.3) is 5.91 Å². The Morgan fingerprint density at radius 2 is 1.62 bits per heavy atom. The molecule has 0 aliphatic rings. The number of esters is 3. The van der Waals surface area contributed by atoms with Crippen molar-refractivity contribution in [3.8, 4) is 0 Å². The molecule has 2 rings (SSSR count). The Balaban J connectivity index is 2.06. The zero-order chi connectivity index (χ0) is 29.5. The maximum absolute atomic E-state index is 13.3. The molecule has 0 saturated heterocycles. The van der Waals surface area contributed by atoms with Crippen LogP contribution in [0.5, 0.6) is 0 Å². The Kier molecular flexibility index (Phi) is 14.1. The highest BCUT2D eigenvalue weighted by Crippen LogP contribution is 2.24. The number of ether oxygens (including phenoxy) is 3. The Hall–Kier alpha value is -3.48. The number of fused-ring (bicyclic) bond motifs is 1. The van der Waals surface area contributed by atoms with Crippen molar-refractivity contribution in [1.82, 2.24) is 20.2 Å². The minimum Gasteiger partial charge on any atom is -0.465 e. The highest BCUT2D eigenvalue weighted by atomic mass is 35.5. The van der Waals surface area contributed by atoms with Crippen LogP contribution in [0.4, 0.5) is 5.69 Å². The van der Waals surface area contributed by atoms with Crippen LogP contribution in [0.25, 0.3) is 10.9 Å². The summed E-state index contributed by atoms with van der Waals surface area (Å²) < 4.78 is 15.0. The van der Waals surface area contributed by atoms with Gasteiger partial charge in [0.15, 0.2) is 0 Å². The van der Waals surface area contributed by atoms with Gasteiger partial charge in [-0.05, 0) is 64.9 Å². The van der Waals surface area contributed by atoms with Gasteiger partial charge in [-0.3, -0.25) is 35.2 Å². The number of aromatic nitrogens is 1. The summed E-state index contributed by atoms with van der Waals surface area (Å²) >= 11 is 6.09. The molecule has 0 aliphatic carbocycles. The second-order valence-electron chi connectivity index (χ2n) is 8.53. The van der Waals surface area contributed by atoms with Crippen LogP contribution >= 0.6 is 11.6 Å². The molecule has 220 valence electrons. The van der Waals surface area contributed by atoms with Crippen molar-refractivity contribution in [2.75, 3.05) is 58.0 Å². The number of hydrogen-bond donors (Lipinski definition) is 2. The van der Waals surface area contributed by atoms with E-state index in [1.165, 1.54) is 5.01 Å². The second kappa shape index (κ2) is 17.3. The summed E-state index contributed by atoms with van der Waals surface area (Å²) in [6.07, 6.45) is 2.04. The average Bonchev–Trinajstić information content (AvgIpc) is 2.91. The number of nitrogens with zero attached hydrogens (tertiary/aromatic N) is 3. The van der Waals surface area contributed by atoms with Crippen LogP contribution in [0, 0.1) is 0 Å². The van der Waals surface area contributed by atoms with Crippen molar-refractivity contribution in [3.63, 3.8) is 0 Å². The van der Waals surface area contributed by atoms with Gasteiger partial charge in [-0.1, -0.05) is 11.6 Å². The third-order valence-electron chi connectivity index (χ3n) is 5.64. The van der Waals surface area contributed by atoms with E-state index in [0.717, 1.165) is 5.39 Å². The molecule has 0 fully saturated rings. The Morgan fingerprint density at radius 3 is 2.25 bits per heavy atom. The third kappa shape index (κ3) is 10.2. The van der Waals surface area contributed by atoms with Crippen molar-refractivity contribution < 1.29 is 33.4 Å². The number of halogens is 1. The van der Waals surface area contributed by atoms with Crippen molar-refractivity contribution in [2.45, 2.75) is 40.2 Å². The smallest absolute Gasteiger partial charge is 0.334 e. The number of hydrogen-bond acceptors (Lipinski definition) is 11. The molecule has 2 aromatic rings. The first kappa shape index (κ1) is 32.7. The Morgan fingerprint density at radius 1 is 0.950 bits per heavy atom. The van der Waals surface area contributed by atoms with E-state index in [1.54, 1.807) is 50.1 Å². The lowest BCUT2D eigenvalue weighted by molar-refractivity contribution is -0.158. The maximum Gasteiger partial charge on any atom is 0.334 e. The fourth-order valence-corrected chi connectivity index (χ4v) is 3.99. The lowest BCUT2D eigenvalue weighted by Crippen LogP contribution is -2.47. The van der Waals surface area contributed by atoms with Crippen molar-refractivity contribution >= 4 is 52.0 Å². The molecule has 2 N–H and O–H groups in total. The minimum atomic E-state index is -1.26. The second-order valence-corrected chi connectivity index (χ2v) is 8.97. The lowest BCUT2D eigenvalue weighted by atomic mass is 10.2. The lowest BCUT2D eigenvalue weighted by Gasteiger charge is -2.27. The van der Waals surface area contributed by atoms with Crippen molar-refractivity contribution in [2.24, 2.45) is 0 Å². The zero-order valence-electron chi connectivity index (χ0n) is 23.4. The van der Waals surface area contributed by atoms with E-state index >= 15 is 0 Å². The molecular formula is C27H38ClN5O7. The fourth-order valence-electron chi connectivity index (χ4n) is 3.82. The van der Waals surface area contributed by atoms with Gasteiger partial charge >= 0.3 is 17.9 Å². The maximum atomic E-state index is 13.3. The van der Waals surface area contributed by atoms with E-state index < -0.39 is 23.9 Å². The molecule has 1 amide bonds. The molecule has 1 heterocycles. The number of pyridine rings is 1. The van der Waals surface area contributed by atoms with Crippen LogP contribution in [0.2, 0.25) is 5.02 Å². The van der Waals surface area contributed by atoms with E-state index in [-0.39, 0.29) is 45.4 Å². The van der Waals surface area contributed by atoms with Crippen LogP contribution in [-0.2, 0) is 33.4 Å². The molecule has 1 aromatic heterocycles. The summed E-state index contributed by atoms with van der Waals surface area (Å²) in [5.74, 6) is -2.19. The van der Waals surface area contributed by atoms with Crippen LogP contribution in [-0.4, -0.2) is 97.3 Å². The van der Waals surface area contributed by atoms with E-state index in [0.29, 0.717) is 35.7 Å². The molecule has 40 heavy (non-hydrogen) atoms. The molecule has 0 atom stereocenters. The van der Waals surface area contributed by atoms with E-state index in [9.17, 15) is 19.2 Å². The first-order valence-electron chi connectivity index (χ1n) is 13.3. The number of benzene rings is 1. The van der Waals surface area contributed by atoms with Gasteiger partial charge < -0.3 is 14.2 Å². The number of nitrogens with one attached hydrogen (secondary N) is 2. The monoisotopic (exact) mass is 579 g/mol. The summed E-state index contributed by atoms with van der Waals surface area (Å²) in [6, 6.07) is 5.82. The largest absolute Gasteiger partial charge is 0.465 e. The molecule has 0 saturated carbocycles. The van der Waals surface area contributed by atoms with Gasteiger partial charge in [0.2, 0.25) is 6.04 Å². The summed E-state index contributed by atoms with van der Waals surface area (Å²) in [7, 11) is 0. The van der Waals surface area contributed by atoms with E-state index in [2.05, 4.69) is 15.7 Å². The fraction of sp³-hybridized carbons (Fsp3) is 0.519. The number of hydrazine groups is 1. The molecule has 0 aliphatic heterocycles. The number of carbonyl (C=O) groups excluding carboxylic acids is 4. The number of rotatable bonds is 17. The van der Waals surface area contributed by atoms with Crippen LogP contribution in [0.3, 0.4) is 0 Å². The zero-order valence-corrected chi connectivity index (χ0v) is 24.2. The molecule has 0 spiro atoms. The predicted molar refractivity (Wildman–Crippen MR) is 151 cm³/mol. The summed E-state index contributed by atoms with van der Waals surface area (Å²) in [5, 5.41) is 5.66. The molecule has 0 bridgehead atoms. The number of carbonyl (C=O) groups is 4. The minimum absolute atomic E-state index is 0.0757. The Labute approximate surface area is 239 Å². The Bertz CT molecular complexity index is 1130. The number of anilines is 1. The standard InChI is InChI=1S/C27H38ClN5O7/c1-5-33(31-21-12-14-29-22-16-19(28)10-11-20(21)22)23(34)17-32(18-24(35)38-6-2)15-9-13-30-25(26(36)39-7-3)27(37)40-8-4/h10-12,14,16,25,30H,5-9,13,15,17-18H2,1-4H3,(H,29,31). The van der Waals surface area contributed by atoms with Gasteiger partial charge in [-0.25, -0.2) is 9.59 Å². The number of likely N-dealkylation sites (N-methyl/N-ethyl adjacent to an activating group) is 1. The highest BCUT2D eigenvalue weighted by molar-refractivity contribution is 6.31. The molecule has 1 aromatic carbocycles. The summed E-state index contributed by atoms with van der Waals surface area (Å²) in [4.78, 5) is 55.9. The normalized spacial score (nSPS) is 11.0. The summed E-state index contributed by atoms with van der Waals surface area (Å²) in [6.45, 7) is 8.00. The van der Waals surface area contributed by atoms with Crippen LogP contribution < -0.4 is 10.7 Å². The van der Waals surface area contributed by atoms with E-state index in [4.69, 9.17) is 25.8 Å². The summed E-state index contributed by atoms with van der Waals surface area (Å²) in [5.41, 5.74) is 4.51. The van der Waals surface area contributed by atoms with Gasteiger partial charge in [0.1, 0.15) is 0 Å². The highest BCUT2D eigenvalue weighted by Gasteiger charge is 2.29. The molecule has 12 nitrogen and oxygen atoms in total. The molecule has 0 unspecified atom stereocenters. The van der Waals surface area contributed by atoms with Gasteiger partial charge in [-0.2, -0.15) is 0 Å². The van der Waals surface area contributed by atoms with Crippen LogP contribution in [0.15, 0.2) is 30.5 Å².